The van der Waals surface area contributed by atoms with Gasteiger partial charge in [0, 0.05) is 12.1 Å². The molecule has 98 valence electrons. The summed E-state index contributed by atoms with van der Waals surface area (Å²) in [6.45, 7) is 0. The van der Waals surface area contributed by atoms with Crippen molar-refractivity contribution in [1.29, 1.82) is 0 Å². The largest absolute Gasteiger partial charge is 0.396 e. The van der Waals surface area contributed by atoms with Crippen LogP contribution in [0.2, 0.25) is 0 Å². The molecule has 3 N–H and O–H groups in total. The molecule has 0 aliphatic carbocycles. The van der Waals surface area contributed by atoms with Gasteiger partial charge in [0.15, 0.2) is 0 Å². The van der Waals surface area contributed by atoms with Crippen LogP contribution < -0.4 is 11.1 Å². The van der Waals surface area contributed by atoms with Crippen LogP contribution in [-0.4, -0.2) is 23.5 Å². The Balaban J connectivity index is 2.10. The van der Waals surface area contributed by atoms with E-state index < -0.39 is 17.5 Å². The van der Waals surface area contributed by atoms with E-state index in [0.717, 1.165) is 30.4 Å². The first-order chi connectivity index (χ1) is 8.58. The Morgan fingerprint density at radius 1 is 1.28 bits per heavy atom. The predicted octanol–water partition coefficient (Wildman–Crippen LogP) is 2.17. The van der Waals surface area contributed by atoms with Crippen LogP contribution in [0, 0.1) is 11.6 Å². The van der Waals surface area contributed by atoms with Gasteiger partial charge in [-0.25, -0.2) is 8.78 Å². The summed E-state index contributed by atoms with van der Waals surface area (Å²) >= 11 is 1.83. The van der Waals surface area contributed by atoms with Gasteiger partial charge in [0.25, 0.3) is 5.91 Å². The molecule has 2 rings (SSSR count). The molecule has 1 aromatic carbocycles. The second-order valence-corrected chi connectivity index (χ2v) is 5.44. The molecule has 0 unspecified atom stereocenters. The number of nitrogens with one attached hydrogen (secondary N) is 1. The fourth-order valence-electron chi connectivity index (χ4n) is 1.84. The number of rotatable bonds is 2. The molecule has 0 atom stereocenters. The first kappa shape index (κ1) is 13.1. The first-order valence-corrected chi connectivity index (χ1v) is 6.86. The fourth-order valence-corrected chi connectivity index (χ4v) is 2.95. The maximum absolute atomic E-state index is 13.5. The molecule has 1 aliphatic heterocycles. The molecule has 0 saturated carbocycles. The van der Waals surface area contributed by atoms with Gasteiger partial charge in [-0.15, -0.1) is 0 Å². The van der Waals surface area contributed by atoms with Gasteiger partial charge < -0.3 is 11.1 Å². The van der Waals surface area contributed by atoms with Crippen molar-refractivity contribution in [2.75, 3.05) is 17.2 Å². The van der Waals surface area contributed by atoms with Crippen LogP contribution in [0.3, 0.4) is 0 Å². The van der Waals surface area contributed by atoms with Crippen molar-refractivity contribution in [2.45, 2.75) is 18.9 Å². The summed E-state index contributed by atoms with van der Waals surface area (Å²) in [6.07, 6.45) is 1.74. The van der Waals surface area contributed by atoms with E-state index >= 15 is 0 Å². The summed E-state index contributed by atoms with van der Waals surface area (Å²) in [7, 11) is 0. The van der Waals surface area contributed by atoms with Crippen molar-refractivity contribution in [1.82, 2.24) is 5.32 Å². The van der Waals surface area contributed by atoms with Crippen LogP contribution in [0.5, 0.6) is 0 Å². The average molecular weight is 272 g/mol. The second-order valence-electron chi connectivity index (χ2n) is 4.21. The number of hydrogen-bond acceptors (Lipinski definition) is 3. The quantitative estimate of drug-likeness (QED) is 0.811. The number of thioether (sulfide) groups is 1. The highest BCUT2D eigenvalue weighted by Crippen LogP contribution is 2.19. The molecule has 1 aromatic rings. The van der Waals surface area contributed by atoms with Crippen LogP contribution >= 0.6 is 11.8 Å². The standard InChI is InChI=1S/C12H14F2N2OS/c13-9-6-10(14)11(15)5-8(9)12(17)16-7-1-3-18-4-2-7/h5-7H,1-4,15H2,(H,16,17). The molecule has 18 heavy (non-hydrogen) atoms. The van der Waals surface area contributed by atoms with Crippen molar-refractivity contribution in [3.8, 4) is 0 Å². The van der Waals surface area contributed by atoms with Crippen molar-refractivity contribution >= 4 is 23.4 Å². The van der Waals surface area contributed by atoms with Gasteiger partial charge in [-0.05, 0) is 30.4 Å². The van der Waals surface area contributed by atoms with E-state index in [1.807, 2.05) is 11.8 Å². The molecule has 6 heteroatoms. The minimum absolute atomic E-state index is 0.0597. The molecule has 0 spiro atoms. The Bertz CT molecular complexity index is 462. The number of amides is 1. The van der Waals surface area contributed by atoms with E-state index in [2.05, 4.69) is 5.32 Å². The fraction of sp³-hybridized carbons (Fsp3) is 0.417. The molecular formula is C12H14F2N2OS. The van der Waals surface area contributed by atoms with Crippen LogP contribution in [0.4, 0.5) is 14.5 Å². The van der Waals surface area contributed by atoms with E-state index in [-0.39, 0.29) is 17.3 Å². The average Bonchev–Trinajstić information content (AvgIpc) is 2.35. The first-order valence-electron chi connectivity index (χ1n) is 5.71. The van der Waals surface area contributed by atoms with Gasteiger partial charge in [-0.2, -0.15) is 11.8 Å². The summed E-state index contributed by atoms with van der Waals surface area (Å²) in [5, 5.41) is 2.75. The predicted molar refractivity (Wildman–Crippen MR) is 68.6 cm³/mol. The zero-order valence-corrected chi connectivity index (χ0v) is 10.5. The zero-order chi connectivity index (χ0) is 13.1. The smallest absolute Gasteiger partial charge is 0.254 e. The lowest BCUT2D eigenvalue weighted by atomic mass is 10.1. The number of carbonyl (C=O) groups excluding carboxylic acids is 1. The minimum Gasteiger partial charge on any atom is -0.396 e. The summed E-state index contributed by atoms with van der Waals surface area (Å²) < 4.78 is 26.5. The summed E-state index contributed by atoms with van der Waals surface area (Å²) in [6, 6.07) is 1.74. The molecule has 1 heterocycles. The highest BCUT2D eigenvalue weighted by molar-refractivity contribution is 7.99. The summed E-state index contributed by atoms with van der Waals surface area (Å²) in [5.74, 6) is -0.295. The molecule has 1 fully saturated rings. The molecule has 1 amide bonds. The normalized spacial score (nSPS) is 16.6. The van der Waals surface area contributed by atoms with Crippen molar-refractivity contribution in [2.24, 2.45) is 0 Å². The van der Waals surface area contributed by atoms with Crippen LogP contribution in [-0.2, 0) is 0 Å². The summed E-state index contributed by atoms with van der Waals surface area (Å²) in [4.78, 5) is 11.9. The Morgan fingerprint density at radius 3 is 2.61 bits per heavy atom. The van der Waals surface area contributed by atoms with Crippen molar-refractivity contribution < 1.29 is 13.6 Å². The van der Waals surface area contributed by atoms with Gasteiger partial charge in [-0.3, -0.25) is 4.79 Å². The molecule has 0 bridgehead atoms. The number of halogens is 2. The number of carbonyl (C=O) groups is 1. The molecule has 1 saturated heterocycles. The van der Waals surface area contributed by atoms with Gasteiger partial charge in [-0.1, -0.05) is 0 Å². The third kappa shape index (κ3) is 2.93. The van der Waals surface area contributed by atoms with Gasteiger partial charge in [0.1, 0.15) is 11.6 Å². The minimum atomic E-state index is -0.885. The lowest BCUT2D eigenvalue weighted by Gasteiger charge is -2.22. The zero-order valence-electron chi connectivity index (χ0n) is 9.71. The highest BCUT2D eigenvalue weighted by atomic mass is 32.2. The number of nitrogen functional groups attached to an aromatic ring is 1. The molecule has 1 aliphatic rings. The van der Waals surface area contributed by atoms with E-state index in [0.29, 0.717) is 6.07 Å². The van der Waals surface area contributed by atoms with Crippen molar-refractivity contribution in [3.63, 3.8) is 0 Å². The molecule has 0 aromatic heterocycles. The van der Waals surface area contributed by atoms with Gasteiger partial charge in [0.05, 0.1) is 11.3 Å². The van der Waals surface area contributed by atoms with Crippen LogP contribution in [0.1, 0.15) is 23.2 Å². The maximum atomic E-state index is 13.5. The van der Waals surface area contributed by atoms with Gasteiger partial charge >= 0.3 is 0 Å². The van der Waals surface area contributed by atoms with E-state index in [1.165, 1.54) is 0 Å². The maximum Gasteiger partial charge on any atom is 0.254 e. The Hall–Kier alpha value is -1.30. The monoisotopic (exact) mass is 272 g/mol. The second kappa shape index (κ2) is 5.56. The number of nitrogens with two attached hydrogens (primary N) is 1. The third-order valence-electron chi connectivity index (χ3n) is 2.89. The van der Waals surface area contributed by atoms with Crippen LogP contribution in [0.25, 0.3) is 0 Å². The lowest BCUT2D eigenvalue weighted by molar-refractivity contribution is 0.0930. The Kier molecular flexibility index (Phi) is 4.06. The molecule has 0 radical (unpaired) electrons. The van der Waals surface area contributed by atoms with E-state index in [4.69, 9.17) is 5.73 Å². The Morgan fingerprint density at radius 2 is 1.94 bits per heavy atom. The van der Waals surface area contributed by atoms with Gasteiger partial charge in [0.2, 0.25) is 0 Å². The van der Waals surface area contributed by atoms with E-state index in [1.54, 1.807) is 0 Å². The van der Waals surface area contributed by atoms with E-state index in [9.17, 15) is 13.6 Å². The topological polar surface area (TPSA) is 55.1 Å². The SMILES string of the molecule is Nc1cc(C(=O)NC2CCSCC2)c(F)cc1F. The van der Waals surface area contributed by atoms with Crippen molar-refractivity contribution in [3.05, 3.63) is 29.3 Å². The molecular weight excluding hydrogens is 258 g/mol. The number of hydrogen-bond donors (Lipinski definition) is 2. The lowest BCUT2D eigenvalue weighted by Crippen LogP contribution is -2.37. The Labute approximate surface area is 108 Å². The third-order valence-corrected chi connectivity index (χ3v) is 3.94. The highest BCUT2D eigenvalue weighted by Gasteiger charge is 2.20. The summed E-state index contributed by atoms with van der Waals surface area (Å²) in [5.41, 5.74) is 4.91. The molecule has 3 nitrogen and oxygen atoms in total. The van der Waals surface area contributed by atoms with Crippen LogP contribution in [0.15, 0.2) is 12.1 Å². The number of anilines is 1. The number of benzene rings is 1.